The summed E-state index contributed by atoms with van der Waals surface area (Å²) >= 11 is 0. The molecule has 0 saturated heterocycles. The molecule has 8 heterocycles. The Morgan fingerprint density at radius 3 is 0.697 bits per heavy atom. The first-order valence-electron chi connectivity index (χ1n) is 28.1. The zero-order chi connectivity index (χ0) is 51.3. The van der Waals surface area contributed by atoms with Crippen LogP contribution in [-0.2, 0) is 51.4 Å². The second kappa shape index (κ2) is 18.8. The number of nitriles is 2. The van der Waals surface area contributed by atoms with Crippen molar-refractivity contribution in [3.63, 3.8) is 0 Å². The van der Waals surface area contributed by atoms with Gasteiger partial charge >= 0.3 is 0 Å². The molecule has 0 N–H and O–H groups in total. The summed E-state index contributed by atoms with van der Waals surface area (Å²) in [4.78, 5) is 9.89. The number of hydrogen-bond donors (Lipinski definition) is 0. The first-order valence-corrected chi connectivity index (χ1v) is 28.1. The molecular weight excluding hydrogens is 953 g/mol. The van der Waals surface area contributed by atoms with E-state index in [4.69, 9.17) is 0 Å². The van der Waals surface area contributed by atoms with E-state index in [0.717, 1.165) is 246 Å². The summed E-state index contributed by atoms with van der Waals surface area (Å²) in [5.41, 5.74) is 16.7. The van der Waals surface area contributed by atoms with Crippen molar-refractivity contribution in [2.75, 3.05) is 72.0 Å². The Hall–Kier alpha value is -7.30. The highest BCUT2D eigenvalue weighted by atomic mass is 19.1. The lowest BCUT2D eigenvalue weighted by atomic mass is 9.75. The third-order valence-corrected chi connectivity index (χ3v) is 18.1. The smallest absolute Gasteiger partial charge is 0.135 e. The lowest BCUT2D eigenvalue weighted by molar-refractivity contribution is 0.573. The molecule has 76 heavy (non-hydrogen) atoms. The fourth-order valence-corrected chi connectivity index (χ4v) is 15.2. The van der Waals surface area contributed by atoms with Crippen LogP contribution < -0.4 is 19.6 Å². The van der Waals surface area contributed by atoms with Crippen LogP contribution in [0.25, 0.3) is 22.3 Å². The average molecular weight is 1010 g/mol. The molecule has 0 fully saturated rings. The van der Waals surface area contributed by atoms with Crippen molar-refractivity contribution in [2.45, 2.75) is 103 Å². The van der Waals surface area contributed by atoms with Gasteiger partial charge in [0.2, 0.25) is 0 Å². The Morgan fingerprint density at radius 1 is 0.316 bits per heavy atom. The summed E-state index contributed by atoms with van der Waals surface area (Å²) in [6.07, 6.45) is 14.1. The number of aryl methyl sites for hydroxylation is 8. The molecule has 6 aromatic carbocycles. The van der Waals surface area contributed by atoms with Gasteiger partial charge in [0.25, 0.3) is 0 Å². The summed E-state index contributed by atoms with van der Waals surface area (Å²) < 4.78 is 73.0. The summed E-state index contributed by atoms with van der Waals surface area (Å²) in [6, 6.07) is 25.8. The number of allylic oxidation sites excluding steroid dienone is 2. The van der Waals surface area contributed by atoms with Crippen LogP contribution in [-0.4, -0.2) is 52.4 Å². The van der Waals surface area contributed by atoms with E-state index in [0.29, 0.717) is 11.1 Å². The minimum atomic E-state index is -1.00. The molecule has 0 amide bonds. The van der Waals surface area contributed by atoms with Crippen LogP contribution in [0.5, 0.6) is 0 Å². The molecule has 8 aliphatic rings. The molecule has 0 unspecified atom stereocenters. The lowest BCUT2D eigenvalue weighted by Crippen LogP contribution is -2.34. The van der Waals surface area contributed by atoms with E-state index >= 15 is 17.6 Å². The second-order valence-electron chi connectivity index (χ2n) is 22.7. The predicted molar refractivity (Wildman–Crippen MR) is 295 cm³/mol. The van der Waals surface area contributed by atoms with Gasteiger partial charge in [-0.05, 0) is 253 Å². The Balaban J connectivity index is 1.22. The molecule has 0 bridgehead atoms. The molecule has 0 aliphatic carbocycles. The fourth-order valence-electron chi connectivity index (χ4n) is 15.2. The molecule has 6 nitrogen and oxygen atoms in total. The molecule has 8 aliphatic heterocycles. The van der Waals surface area contributed by atoms with Gasteiger partial charge in [-0.25, -0.2) is 17.6 Å². The SMILES string of the molecule is N#Cc1cc(F)c(C(=C(c2cc3c4c(c2)CCCN4CCC3)c2cc3c4c(c2)CCCN4CCC3)C(=C(c2cc3c4c(c2)CCCN4CCC3)c2cc3c4c(c2)CCCN4CCC3)c2c(F)cc(C#N)cc2F)c(F)c1. The van der Waals surface area contributed by atoms with E-state index < -0.39 is 34.4 Å². The Labute approximate surface area is 443 Å². The van der Waals surface area contributed by atoms with Gasteiger partial charge in [-0.1, -0.05) is 0 Å². The molecule has 10 heteroatoms. The van der Waals surface area contributed by atoms with E-state index in [1.807, 2.05) is 12.1 Å². The molecule has 6 aromatic rings. The molecule has 0 radical (unpaired) electrons. The molecular formula is C66H60F4N6. The van der Waals surface area contributed by atoms with Gasteiger partial charge in [-0.3, -0.25) is 0 Å². The van der Waals surface area contributed by atoms with Gasteiger partial charge in [-0.15, -0.1) is 0 Å². The minimum absolute atomic E-state index is 0.0178. The number of halogens is 4. The first kappa shape index (κ1) is 47.2. The van der Waals surface area contributed by atoms with E-state index in [1.165, 1.54) is 22.7 Å². The van der Waals surface area contributed by atoms with Gasteiger partial charge in [-0.2, -0.15) is 10.5 Å². The molecule has 0 saturated carbocycles. The maximum Gasteiger partial charge on any atom is 0.135 e. The number of rotatable bonds is 7. The Morgan fingerprint density at radius 2 is 0.513 bits per heavy atom. The van der Waals surface area contributed by atoms with E-state index in [9.17, 15) is 10.5 Å². The van der Waals surface area contributed by atoms with Gasteiger partial charge in [0.1, 0.15) is 23.3 Å². The van der Waals surface area contributed by atoms with Crippen molar-refractivity contribution in [2.24, 2.45) is 0 Å². The number of hydrogen-bond acceptors (Lipinski definition) is 6. The molecule has 382 valence electrons. The van der Waals surface area contributed by atoms with Crippen molar-refractivity contribution in [3.05, 3.63) is 185 Å². The van der Waals surface area contributed by atoms with Crippen molar-refractivity contribution < 1.29 is 17.6 Å². The van der Waals surface area contributed by atoms with Crippen molar-refractivity contribution >= 4 is 45.0 Å². The van der Waals surface area contributed by atoms with Gasteiger partial charge in [0.05, 0.1) is 34.4 Å². The molecule has 0 atom stereocenters. The number of anilines is 4. The highest BCUT2D eigenvalue weighted by molar-refractivity contribution is 6.26. The van der Waals surface area contributed by atoms with E-state index in [-0.39, 0.29) is 22.3 Å². The number of benzene rings is 6. The maximum atomic E-state index is 18.2. The normalized spacial score (nSPS) is 17.7. The van der Waals surface area contributed by atoms with E-state index in [1.54, 1.807) is 0 Å². The highest BCUT2D eigenvalue weighted by Gasteiger charge is 2.37. The monoisotopic (exact) mass is 1010 g/mol. The summed E-state index contributed by atoms with van der Waals surface area (Å²) in [6.45, 7) is 7.62. The van der Waals surface area contributed by atoms with Crippen molar-refractivity contribution in [3.8, 4) is 12.1 Å². The summed E-state index contributed by atoms with van der Waals surface area (Å²) in [5.74, 6) is -4.00. The van der Waals surface area contributed by atoms with Crippen LogP contribution in [0.3, 0.4) is 0 Å². The second-order valence-corrected chi connectivity index (χ2v) is 22.7. The van der Waals surface area contributed by atoms with Gasteiger partial charge in [0, 0.05) is 86.3 Å². The third-order valence-electron chi connectivity index (χ3n) is 18.1. The Bertz CT molecular complexity index is 3070. The Kier molecular flexibility index (Phi) is 11.6. The van der Waals surface area contributed by atoms with Crippen LogP contribution in [0.2, 0.25) is 0 Å². The molecule has 0 spiro atoms. The zero-order valence-electron chi connectivity index (χ0n) is 43.1. The molecule has 0 aromatic heterocycles. The average Bonchev–Trinajstić information content (AvgIpc) is 3.43. The largest absolute Gasteiger partial charge is 0.371 e. The van der Waals surface area contributed by atoms with E-state index in [2.05, 4.69) is 68.1 Å². The van der Waals surface area contributed by atoms with Gasteiger partial charge < -0.3 is 19.6 Å². The summed E-state index contributed by atoms with van der Waals surface area (Å²) in [7, 11) is 0. The third kappa shape index (κ3) is 7.75. The van der Waals surface area contributed by atoms with Crippen LogP contribution >= 0.6 is 0 Å². The van der Waals surface area contributed by atoms with Crippen molar-refractivity contribution in [1.29, 1.82) is 10.5 Å². The maximum absolute atomic E-state index is 18.2. The molecule has 14 rings (SSSR count). The topological polar surface area (TPSA) is 60.5 Å². The lowest BCUT2D eigenvalue weighted by Gasteiger charge is -2.39. The predicted octanol–water partition coefficient (Wildman–Crippen LogP) is 13.4. The first-order chi connectivity index (χ1) is 37.2. The van der Waals surface area contributed by atoms with Gasteiger partial charge in [0.15, 0.2) is 0 Å². The minimum Gasteiger partial charge on any atom is -0.371 e. The standard InChI is InChI=1S/C66H60F4N6/c67-53-25-39(37-71)26-54(68)59(53)61(57(49-29-41-9-1-17-73-18-2-10-42(30-49)63(41)73)50-31-43-11-3-19-74-20-4-12-44(32-50)64(43)74)62(60-55(69)27-40(38-72)28-56(60)70)58(51-33-45-13-5-21-75-22-6-14-46(34-51)65(45)75)52-35-47-15-7-23-76-24-8-16-48(36-52)66(47)76/h25-36H,1-24H2. The van der Waals surface area contributed by atoms with Crippen LogP contribution in [0.4, 0.5) is 40.3 Å². The quantitative estimate of drug-likeness (QED) is 0.0902. The van der Waals surface area contributed by atoms with Crippen LogP contribution in [0, 0.1) is 45.9 Å². The highest BCUT2D eigenvalue weighted by Crippen LogP contribution is 2.53. The van der Waals surface area contributed by atoms with Crippen molar-refractivity contribution in [1.82, 2.24) is 0 Å². The zero-order valence-corrected chi connectivity index (χ0v) is 43.1. The van der Waals surface area contributed by atoms with Crippen LogP contribution in [0.15, 0.2) is 72.8 Å². The summed E-state index contributed by atoms with van der Waals surface area (Å²) in [5, 5.41) is 20.5. The number of nitrogens with zero attached hydrogens (tertiary/aromatic N) is 6. The van der Waals surface area contributed by atoms with Crippen LogP contribution in [0.1, 0.15) is 140 Å². The fraction of sp³-hybridized carbons (Fsp3) is 0.364.